The van der Waals surface area contributed by atoms with E-state index in [4.69, 9.17) is 27.9 Å². The summed E-state index contributed by atoms with van der Waals surface area (Å²) in [6.45, 7) is 0.358. The van der Waals surface area contributed by atoms with Gasteiger partial charge in [0, 0.05) is 18.1 Å². The smallest absolute Gasteiger partial charge is 0.338 e. The number of benzene rings is 2. The molecule has 0 radical (unpaired) electrons. The summed E-state index contributed by atoms with van der Waals surface area (Å²) in [6.07, 6.45) is 1.62. The van der Waals surface area contributed by atoms with E-state index in [1.165, 1.54) is 40.7 Å². The third kappa shape index (κ3) is 5.27. The highest BCUT2D eigenvalue weighted by atomic mass is 35.5. The number of rotatable bonds is 6. The summed E-state index contributed by atoms with van der Waals surface area (Å²) in [4.78, 5) is 24.3. The predicted molar refractivity (Wildman–Crippen MR) is 110 cm³/mol. The van der Waals surface area contributed by atoms with Gasteiger partial charge in [-0.15, -0.1) is 0 Å². The molecule has 2 aromatic rings. The summed E-state index contributed by atoms with van der Waals surface area (Å²) >= 11 is 11.8. The maximum absolute atomic E-state index is 12.6. The van der Waals surface area contributed by atoms with Gasteiger partial charge in [-0.25, -0.2) is 13.2 Å². The first kappa shape index (κ1) is 21.6. The predicted octanol–water partition coefficient (Wildman–Crippen LogP) is 3.57. The number of esters is 1. The summed E-state index contributed by atoms with van der Waals surface area (Å²) in [6, 6.07) is 10.1. The van der Waals surface area contributed by atoms with E-state index in [1.807, 2.05) is 0 Å². The van der Waals surface area contributed by atoms with Gasteiger partial charge in [0.05, 0.1) is 21.2 Å². The van der Waals surface area contributed by atoms with E-state index in [-0.39, 0.29) is 15.5 Å². The second-order valence-corrected chi connectivity index (χ2v) is 9.17. The fourth-order valence-corrected chi connectivity index (χ4v) is 4.76. The third-order valence-electron chi connectivity index (χ3n) is 4.31. The Morgan fingerprint density at radius 3 is 2.52 bits per heavy atom. The van der Waals surface area contributed by atoms with Crippen LogP contribution in [0.15, 0.2) is 47.4 Å². The number of hydrogen-bond acceptors (Lipinski definition) is 5. The number of carbonyl (C=O) groups is 2. The molecule has 1 aliphatic heterocycles. The number of sulfonamides is 1. The largest absolute Gasteiger partial charge is 0.452 e. The minimum absolute atomic E-state index is 0.0176. The van der Waals surface area contributed by atoms with Crippen molar-refractivity contribution in [1.29, 1.82) is 0 Å². The first-order valence-corrected chi connectivity index (χ1v) is 11.0. The van der Waals surface area contributed by atoms with E-state index in [1.54, 1.807) is 6.07 Å². The van der Waals surface area contributed by atoms with Gasteiger partial charge in [0.1, 0.15) is 0 Å². The molecule has 1 fully saturated rings. The Labute approximate surface area is 178 Å². The fraction of sp³-hybridized carbons (Fsp3) is 0.263. The Balaban J connectivity index is 1.63. The van der Waals surface area contributed by atoms with Crippen molar-refractivity contribution in [3.63, 3.8) is 0 Å². The van der Waals surface area contributed by atoms with Crippen molar-refractivity contribution in [2.45, 2.75) is 17.7 Å². The second-order valence-electron chi connectivity index (χ2n) is 6.39. The van der Waals surface area contributed by atoms with Crippen LogP contribution in [0.1, 0.15) is 23.2 Å². The van der Waals surface area contributed by atoms with Crippen LogP contribution in [-0.2, 0) is 19.6 Å². The molecule has 0 aliphatic carbocycles. The van der Waals surface area contributed by atoms with Crippen molar-refractivity contribution in [3.8, 4) is 0 Å². The van der Waals surface area contributed by atoms with Gasteiger partial charge in [0.25, 0.3) is 5.91 Å². The van der Waals surface area contributed by atoms with Gasteiger partial charge in [-0.05, 0) is 49.2 Å². The zero-order valence-corrected chi connectivity index (χ0v) is 17.6. The minimum Gasteiger partial charge on any atom is -0.452 e. The molecule has 0 unspecified atom stereocenters. The maximum Gasteiger partial charge on any atom is 0.338 e. The van der Waals surface area contributed by atoms with Gasteiger partial charge in [-0.1, -0.05) is 29.3 Å². The van der Waals surface area contributed by atoms with Gasteiger partial charge >= 0.3 is 5.97 Å². The number of nitrogens with one attached hydrogen (secondary N) is 1. The molecular weight excluding hydrogens is 439 g/mol. The second kappa shape index (κ2) is 9.13. The molecule has 7 nitrogen and oxygen atoms in total. The molecule has 1 aliphatic rings. The molecule has 10 heteroatoms. The number of hydrogen-bond donors (Lipinski definition) is 1. The molecule has 154 valence electrons. The first-order chi connectivity index (χ1) is 13.8. The van der Waals surface area contributed by atoms with Gasteiger partial charge < -0.3 is 10.1 Å². The lowest BCUT2D eigenvalue weighted by Crippen LogP contribution is -2.28. The highest BCUT2D eigenvalue weighted by molar-refractivity contribution is 7.89. The lowest BCUT2D eigenvalue weighted by molar-refractivity contribution is -0.119. The molecule has 1 amide bonds. The van der Waals surface area contributed by atoms with Crippen LogP contribution in [0, 0.1) is 0 Å². The van der Waals surface area contributed by atoms with E-state index in [0.717, 1.165) is 12.8 Å². The Hall–Kier alpha value is -2.13. The molecule has 29 heavy (non-hydrogen) atoms. The monoisotopic (exact) mass is 456 g/mol. The average Bonchev–Trinajstić information content (AvgIpc) is 3.25. The molecule has 2 aromatic carbocycles. The van der Waals surface area contributed by atoms with Crippen LogP contribution >= 0.6 is 23.2 Å². The molecule has 0 aromatic heterocycles. The summed E-state index contributed by atoms with van der Waals surface area (Å²) in [5.74, 6) is -1.42. The number of ether oxygens (including phenoxy) is 1. The summed E-state index contributed by atoms with van der Waals surface area (Å²) < 4.78 is 31.6. The molecule has 0 spiro atoms. The van der Waals surface area contributed by atoms with Crippen LogP contribution in [0.5, 0.6) is 0 Å². The standard InChI is InChI=1S/C19H18Cl2N2O5S/c20-14-6-7-16(21)17(11-14)22-18(24)12-28-19(25)13-4-3-5-15(10-13)29(26,27)23-8-1-2-9-23/h3-7,10-11H,1-2,8-9,12H2,(H,22,24). The molecule has 1 heterocycles. The number of nitrogens with zero attached hydrogens (tertiary/aromatic N) is 1. The Morgan fingerprint density at radius 2 is 1.79 bits per heavy atom. The van der Waals surface area contributed by atoms with Gasteiger partial charge in [-0.3, -0.25) is 4.79 Å². The lowest BCUT2D eigenvalue weighted by Gasteiger charge is -2.15. The zero-order valence-electron chi connectivity index (χ0n) is 15.2. The highest BCUT2D eigenvalue weighted by Crippen LogP contribution is 2.25. The summed E-state index contributed by atoms with van der Waals surface area (Å²) in [5.41, 5.74) is 0.331. The van der Waals surface area contributed by atoms with Crippen LogP contribution < -0.4 is 5.32 Å². The molecule has 3 rings (SSSR count). The maximum atomic E-state index is 12.6. The van der Waals surface area contributed by atoms with Crippen LogP contribution in [0.2, 0.25) is 10.0 Å². The van der Waals surface area contributed by atoms with Crippen LogP contribution in [0.4, 0.5) is 5.69 Å². The summed E-state index contributed by atoms with van der Waals surface area (Å²) in [5, 5.41) is 3.17. The van der Waals surface area contributed by atoms with Crippen LogP contribution in [0.3, 0.4) is 0 Å². The van der Waals surface area contributed by atoms with Gasteiger partial charge in [0.15, 0.2) is 6.61 Å². The van der Waals surface area contributed by atoms with E-state index >= 15 is 0 Å². The lowest BCUT2D eigenvalue weighted by atomic mass is 10.2. The SMILES string of the molecule is O=C(COC(=O)c1cccc(S(=O)(=O)N2CCCC2)c1)Nc1cc(Cl)ccc1Cl. The number of anilines is 1. The Morgan fingerprint density at radius 1 is 1.07 bits per heavy atom. The van der Waals surface area contributed by atoms with Crippen molar-refractivity contribution in [1.82, 2.24) is 4.31 Å². The quantitative estimate of drug-likeness (QED) is 0.670. The number of carbonyl (C=O) groups excluding carboxylic acids is 2. The van der Waals surface area contributed by atoms with Crippen molar-refractivity contribution >= 4 is 50.8 Å². The minimum atomic E-state index is -3.66. The molecular formula is C19H18Cl2N2O5S. The third-order valence-corrected chi connectivity index (χ3v) is 6.77. The van der Waals surface area contributed by atoms with E-state index < -0.39 is 28.5 Å². The molecule has 0 bridgehead atoms. The molecule has 0 atom stereocenters. The highest BCUT2D eigenvalue weighted by Gasteiger charge is 2.27. The van der Waals surface area contributed by atoms with E-state index in [0.29, 0.717) is 23.8 Å². The van der Waals surface area contributed by atoms with Crippen molar-refractivity contribution < 1.29 is 22.7 Å². The van der Waals surface area contributed by atoms with Crippen molar-refractivity contribution in [3.05, 3.63) is 58.1 Å². The topological polar surface area (TPSA) is 92.8 Å². The fourth-order valence-electron chi connectivity index (χ4n) is 2.86. The van der Waals surface area contributed by atoms with Crippen molar-refractivity contribution in [2.24, 2.45) is 0 Å². The average molecular weight is 457 g/mol. The summed E-state index contributed by atoms with van der Waals surface area (Å²) in [7, 11) is -3.66. The van der Waals surface area contributed by atoms with E-state index in [9.17, 15) is 18.0 Å². The number of amides is 1. The van der Waals surface area contributed by atoms with Gasteiger partial charge in [0.2, 0.25) is 10.0 Å². The van der Waals surface area contributed by atoms with Crippen LogP contribution in [0.25, 0.3) is 0 Å². The van der Waals surface area contributed by atoms with Crippen LogP contribution in [-0.4, -0.2) is 44.3 Å². The van der Waals surface area contributed by atoms with Crippen molar-refractivity contribution in [2.75, 3.05) is 25.0 Å². The number of halogens is 2. The molecule has 0 saturated carbocycles. The van der Waals surface area contributed by atoms with E-state index in [2.05, 4.69) is 5.32 Å². The first-order valence-electron chi connectivity index (χ1n) is 8.79. The Kier molecular flexibility index (Phi) is 6.79. The van der Waals surface area contributed by atoms with Gasteiger partial charge in [-0.2, -0.15) is 4.31 Å². The normalized spacial score (nSPS) is 14.6. The Bertz CT molecular complexity index is 1040. The molecule has 1 saturated heterocycles. The zero-order chi connectivity index (χ0) is 21.0. The molecule has 1 N–H and O–H groups in total.